The summed E-state index contributed by atoms with van der Waals surface area (Å²) in [5, 5.41) is 4.63. The van der Waals surface area contributed by atoms with Crippen LogP contribution < -0.4 is 5.32 Å². The minimum atomic E-state index is -0.429. The first-order chi connectivity index (χ1) is 10.0. The summed E-state index contributed by atoms with van der Waals surface area (Å²) in [7, 11) is 0. The third kappa shape index (κ3) is 4.68. The zero-order chi connectivity index (χ0) is 16.5. The number of likely N-dealkylation sites (tertiary alicyclic amines) is 1. The Kier molecular flexibility index (Phi) is 4.82. The van der Waals surface area contributed by atoms with Crippen LogP contribution in [0.4, 0.5) is 4.79 Å². The highest BCUT2D eigenvalue weighted by molar-refractivity contribution is 7.11. The average Bonchev–Trinajstić information content (AvgIpc) is 2.72. The molecule has 22 heavy (non-hydrogen) atoms. The second-order valence-electron chi connectivity index (χ2n) is 7.84. The number of hydrogen-bond donors (Lipinski definition) is 1. The van der Waals surface area contributed by atoms with Crippen molar-refractivity contribution >= 4 is 17.4 Å². The minimum Gasteiger partial charge on any atom is -0.444 e. The summed E-state index contributed by atoms with van der Waals surface area (Å²) in [5.74, 6) is 0. The van der Waals surface area contributed by atoms with E-state index in [1.54, 1.807) is 16.2 Å². The lowest BCUT2D eigenvalue weighted by Gasteiger charge is -2.40. The average molecular weight is 325 g/mol. The van der Waals surface area contributed by atoms with Crippen molar-refractivity contribution in [1.29, 1.82) is 0 Å². The molecule has 1 fully saturated rings. The molecule has 6 heteroatoms. The summed E-state index contributed by atoms with van der Waals surface area (Å²) < 4.78 is 5.34. The Balaban J connectivity index is 1.72. The first kappa shape index (κ1) is 17.2. The van der Waals surface area contributed by atoms with Gasteiger partial charge in [0.1, 0.15) is 5.60 Å². The van der Waals surface area contributed by atoms with Crippen LogP contribution in [0.25, 0.3) is 0 Å². The van der Waals surface area contributed by atoms with E-state index in [4.69, 9.17) is 4.74 Å². The maximum atomic E-state index is 11.8. The third-order valence-electron chi connectivity index (χ3n) is 3.29. The number of amides is 1. The van der Waals surface area contributed by atoms with Crippen molar-refractivity contribution in [2.75, 3.05) is 13.1 Å². The highest BCUT2D eigenvalue weighted by Gasteiger charge is 2.33. The smallest absolute Gasteiger partial charge is 0.410 e. The van der Waals surface area contributed by atoms with Crippen molar-refractivity contribution in [2.24, 2.45) is 0 Å². The van der Waals surface area contributed by atoms with Gasteiger partial charge >= 0.3 is 6.09 Å². The lowest BCUT2D eigenvalue weighted by molar-refractivity contribution is 0.00521. The number of rotatable bonds is 3. The van der Waals surface area contributed by atoms with Gasteiger partial charge in [0.05, 0.1) is 5.01 Å². The van der Waals surface area contributed by atoms with Crippen LogP contribution in [0.2, 0.25) is 0 Å². The number of thiazole rings is 1. The van der Waals surface area contributed by atoms with Gasteiger partial charge in [-0.2, -0.15) is 0 Å². The lowest BCUT2D eigenvalue weighted by Crippen LogP contribution is -2.60. The quantitative estimate of drug-likeness (QED) is 0.927. The van der Waals surface area contributed by atoms with Crippen molar-refractivity contribution in [1.82, 2.24) is 15.2 Å². The summed E-state index contributed by atoms with van der Waals surface area (Å²) in [4.78, 5) is 19.3. The largest absolute Gasteiger partial charge is 0.444 e. The van der Waals surface area contributed by atoms with E-state index in [-0.39, 0.29) is 11.5 Å². The van der Waals surface area contributed by atoms with Crippen LogP contribution in [-0.2, 0) is 16.7 Å². The summed E-state index contributed by atoms with van der Waals surface area (Å²) >= 11 is 1.75. The van der Waals surface area contributed by atoms with Crippen LogP contribution in [-0.4, -0.2) is 40.7 Å². The Labute approximate surface area is 137 Å². The summed E-state index contributed by atoms with van der Waals surface area (Å²) in [5.41, 5.74) is -0.325. The van der Waals surface area contributed by atoms with Gasteiger partial charge in [-0.1, -0.05) is 20.8 Å². The van der Waals surface area contributed by atoms with E-state index in [0.717, 1.165) is 11.6 Å². The normalized spacial score (nSPS) is 16.5. The first-order valence-corrected chi connectivity index (χ1v) is 8.53. The Morgan fingerprint density at radius 3 is 2.50 bits per heavy atom. The molecule has 1 saturated heterocycles. The number of carbonyl (C=O) groups excluding carboxylic acids is 1. The van der Waals surface area contributed by atoms with Crippen LogP contribution in [0.5, 0.6) is 0 Å². The molecule has 5 nitrogen and oxygen atoms in total. The molecule has 0 saturated carbocycles. The van der Waals surface area contributed by atoms with Crippen LogP contribution in [0.15, 0.2) is 6.20 Å². The molecule has 0 spiro atoms. The molecular formula is C16H27N3O2S. The molecule has 2 rings (SSSR count). The van der Waals surface area contributed by atoms with Crippen molar-refractivity contribution in [3.8, 4) is 0 Å². The van der Waals surface area contributed by atoms with Crippen molar-refractivity contribution in [3.05, 3.63) is 16.1 Å². The molecule has 0 unspecified atom stereocenters. The van der Waals surface area contributed by atoms with Crippen molar-refractivity contribution in [2.45, 2.75) is 65.1 Å². The zero-order valence-electron chi connectivity index (χ0n) is 14.4. The van der Waals surface area contributed by atoms with E-state index < -0.39 is 5.60 Å². The van der Waals surface area contributed by atoms with Gasteiger partial charge in [0, 0.05) is 42.2 Å². The SMILES string of the molecule is CC(C)(C)OC(=O)N1CC(NCc2cnc(C(C)(C)C)s2)C1. The summed E-state index contributed by atoms with van der Waals surface area (Å²) in [6, 6.07) is 0.340. The Morgan fingerprint density at radius 2 is 2.00 bits per heavy atom. The number of aromatic nitrogens is 1. The van der Waals surface area contributed by atoms with Crippen LogP contribution in [0.3, 0.4) is 0 Å². The van der Waals surface area contributed by atoms with Gasteiger partial charge in [0.15, 0.2) is 0 Å². The predicted molar refractivity (Wildman–Crippen MR) is 89.2 cm³/mol. The molecule has 1 amide bonds. The van der Waals surface area contributed by atoms with Gasteiger partial charge in [-0.15, -0.1) is 11.3 Å². The maximum Gasteiger partial charge on any atom is 0.410 e. The summed E-state index contributed by atoms with van der Waals surface area (Å²) in [6.45, 7) is 14.4. The maximum absolute atomic E-state index is 11.8. The molecule has 0 radical (unpaired) electrons. The van der Waals surface area contributed by atoms with Gasteiger partial charge < -0.3 is 15.0 Å². The molecule has 0 atom stereocenters. The van der Waals surface area contributed by atoms with E-state index in [9.17, 15) is 4.79 Å². The molecule has 1 aromatic heterocycles. The van der Waals surface area contributed by atoms with Gasteiger partial charge in [-0.05, 0) is 20.8 Å². The van der Waals surface area contributed by atoms with E-state index >= 15 is 0 Å². The van der Waals surface area contributed by atoms with Crippen LogP contribution in [0.1, 0.15) is 51.4 Å². The minimum absolute atomic E-state index is 0.104. The number of hydrogen-bond acceptors (Lipinski definition) is 5. The Bertz CT molecular complexity index is 522. The molecule has 124 valence electrons. The van der Waals surface area contributed by atoms with E-state index in [1.807, 2.05) is 27.0 Å². The fourth-order valence-electron chi connectivity index (χ4n) is 2.06. The fourth-order valence-corrected chi connectivity index (χ4v) is 2.98. The first-order valence-electron chi connectivity index (χ1n) is 7.71. The Hall–Kier alpha value is -1.14. The molecule has 0 aromatic carbocycles. The van der Waals surface area contributed by atoms with Gasteiger partial charge in [-0.3, -0.25) is 0 Å². The van der Waals surface area contributed by atoms with E-state index in [2.05, 4.69) is 31.1 Å². The van der Waals surface area contributed by atoms with Gasteiger partial charge in [0.2, 0.25) is 0 Å². The highest BCUT2D eigenvalue weighted by atomic mass is 32.1. The van der Waals surface area contributed by atoms with Gasteiger partial charge in [0.25, 0.3) is 0 Å². The third-order valence-corrected chi connectivity index (χ3v) is 4.72. The van der Waals surface area contributed by atoms with Crippen LogP contribution >= 0.6 is 11.3 Å². The van der Waals surface area contributed by atoms with Gasteiger partial charge in [-0.25, -0.2) is 9.78 Å². The second-order valence-corrected chi connectivity index (χ2v) is 8.96. The molecule has 1 aromatic rings. The zero-order valence-corrected chi connectivity index (χ0v) is 15.2. The molecule has 2 heterocycles. The standard InChI is InChI=1S/C16H27N3O2S/c1-15(2,3)13-18-8-12(22-13)7-17-11-9-19(10-11)14(20)21-16(4,5)6/h8,11,17H,7,9-10H2,1-6H3. The molecular weight excluding hydrogens is 298 g/mol. The topological polar surface area (TPSA) is 54.5 Å². The molecule has 0 aliphatic carbocycles. The number of nitrogens with one attached hydrogen (secondary N) is 1. The molecule has 0 bridgehead atoms. The predicted octanol–water partition coefficient (Wildman–Crippen LogP) is 3.15. The van der Waals surface area contributed by atoms with E-state index in [1.165, 1.54) is 4.88 Å². The number of nitrogens with zero attached hydrogens (tertiary/aromatic N) is 2. The number of carbonyl (C=O) groups is 1. The monoisotopic (exact) mass is 325 g/mol. The molecule has 1 N–H and O–H groups in total. The highest BCUT2D eigenvalue weighted by Crippen LogP contribution is 2.26. The van der Waals surface area contributed by atoms with Crippen LogP contribution in [0, 0.1) is 0 Å². The van der Waals surface area contributed by atoms with E-state index in [0.29, 0.717) is 19.1 Å². The second kappa shape index (κ2) is 6.16. The number of ether oxygens (including phenoxy) is 1. The Morgan fingerprint density at radius 1 is 1.36 bits per heavy atom. The molecule has 1 aliphatic heterocycles. The summed E-state index contributed by atoms with van der Waals surface area (Å²) in [6.07, 6.45) is 1.72. The fraction of sp³-hybridized carbons (Fsp3) is 0.750. The van der Waals surface area contributed by atoms with Crippen molar-refractivity contribution in [3.63, 3.8) is 0 Å². The lowest BCUT2D eigenvalue weighted by atomic mass is 9.98. The molecule has 1 aliphatic rings. The van der Waals surface area contributed by atoms with Crippen molar-refractivity contribution < 1.29 is 9.53 Å².